The van der Waals surface area contributed by atoms with Gasteiger partial charge >= 0.3 is 5.97 Å². The quantitative estimate of drug-likeness (QED) is 0.586. The molecule has 132 valence electrons. The van der Waals surface area contributed by atoms with Gasteiger partial charge in [-0.25, -0.2) is 9.78 Å². The summed E-state index contributed by atoms with van der Waals surface area (Å²) >= 11 is 0. The van der Waals surface area contributed by atoms with Crippen LogP contribution in [-0.2, 0) is 14.6 Å². The van der Waals surface area contributed by atoms with Gasteiger partial charge in [-0.3, -0.25) is 4.79 Å². The molecule has 2 rings (SSSR count). The lowest BCUT2D eigenvalue weighted by Gasteiger charge is -2.43. The molecule has 1 heterocycles. The summed E-state index contributed by atoms with van der Waals surface area (Å²) in [6.07, 6.45) is 6.85. The summed E-state index contributed by atoms with van der Waals surface area (Å²) in [6, 6.07) is 0. The van der Waals surface area contributed by atoms with Gasteiger partial charge in [0.05, 0.1) is 5.92 Å². The van der Waals surface area contributed by atoms with Crippen molar-refractivity contribution in [2.45, 2.75) is 84.3 Å². The van der Waals surface area contributed by atoms with Gasteiger partial charge in [-0.1, -0.05) is 26.0 Å². The zero-order chi connectivity index (χ0) is 17.3. The van der Waals surface area contributed by atoms with E-state index >= 15 is 0 Å². The Morgan fingerprint density at radius 3 is 2.61 bits per heavy atom. The van der Waals surface area contributed by atoms with Crippen LogP contribution in [0.3, 0.4) is 0 Å². The van der Waals surface area contributed by atoms with Crippen LogP contribution in [0.15, 0.2) is 12.2 Å². The molecule has 4 heteroatoms. The molecule has 4 atom stereocenters. The minimum Gasteiger partial charge on any atom is -0.481 e. The van der Waals surface area contributed by atoms with E-state index in [4.69, 9.17) is 14.9 Å². The van der Waals surface area contributed by atoms with Crippen LogP contribution >= 0.6 is 0 Å². The van der Waals surface area contributed by atoms with E-state index < -0.39 is 11.9 Å². The number of allylic oxidation sites excluding steroid dienone is 1. The molecule has 0 amide bonds. The van der Waals surface area contributed by atoms with Gasteiger partial charge in [-0.05, 0) is 70.1 Å². The molecule has 1 N–H and O–H groups in total. The fraction of sp³-hybridized carbons (Fsp3) is 0.842. The first-order valence-electron chi connectivity index (χ1n) is 8.90. The van der Waals surface area contributed by atoms with Crippen molar-refractivity contribution >= 4 is 5.97 Å². The lowest BCUT2D eigenvalue weighted by atomic mass is 9.64. The van der Waals surface area contributed by atoms with Crippen molar-refractivity contribution in [2.24, 2.45) is 17.3 Å². The van der Waals surface area contributed by atoms with E-state index in [0.29, 0.717) is 11.3 Å². The highest BCUT2D eigenvalue weighted by Crippen LogP contribution is 2.47. The molecule has 0 aromatic heterocycles. The summed E-state index contributed by atoms with van der Waals surface area (Å²) in [6.45, 7) is 12.7. The second-order valence-corrected chi connectivity index (χ2v) is 8.43. The molecule has 0 spiro atoms. The standard InChI is InChI=1S/C19H32O4/c1-13-7-6-10-18(3,4)15(13)8-11-19(5)12-9-16(22-23-19)14(2)17(20)21/h14-16H,1,6-12H2,2-5H3,(H,20,21). The second kappa shape index (κ2) is 6.94. The zero-order valence-electron chi connectivity index (χ0n) is 15.1. The minimum atomic E-state index is -0.831. The maximum Gasteiger partial charge on any atom is 0.308 e. The zero-order valence-corrected chi connectivity index (χ0v) is 15.1. The normalized spacial score (nSPS) is 35.7. The fourth-order valence-corrected chi connectivity index (χ4v) is 4.09. The Hall–Kier alpha value is -0.870. The lowest BCUT2D eigenvalue weighted by molar-refractivity contribution is -0.411. The minimum absolute atomic E-state index is 0.307. The van der Waals surface area contributed by atoms with Gasteiger partial charge in [0.2, 0.25) is 0 Å². The monoisotopic (exact) mass is 324 g/mol. The van der Waals surface area contributed by atoms with E-state index in [1.165, 1.54) is 18.4 Å². The van der Waals surface area contributed by atoms with Gasteiger partial charge in [-0.2, -0.15) is 0 Å². The van der Waals surface area contributed by atoms with Crippen LogP contribution in [0.2, 0.25) is 0 Å². The van der Waals surface area contributed by atoms with Crippen molar-refractivity contribution in [1.29, 1.82) is 0 Å². The van der Waals surface area contributed by atoms with Crippen LogP contribution in [0.1, 0.15) is 72.6 Å². The molecule has 2 fully saturated rings. The Kier molecular flexibility index (Phi) is 5.57. The maximum atomic E-state index is 11.1. The van der Waals surface area contributed by atoms with Crippen LogP contribution in [0.5, 0.6) is 0 Å². The first kappa shape index (κ1) is 18.5. The topological polar surface area (TPSA) is 55.8 Å². The van der Waals surface area contributed by atoms with Crippen LogP contribution < -0.4 is 0 Å². The number of carbonyl (C=O) groups is 1. The molecule has 1 saturated heterocycles. The summed E-state index contributed by atoms with van der Waals surface area (Å²) in [5, 5.41) is 9.08. The van der Waals surface area contributed by atoms with Crippen LogP contribution in [-0.4, -0.2) is 22.8 Å². The average Bonchev–Trinajstić information content (AvgIpc) is 2.46. The molecule has 1 aliphatic carbocycles. The first-order chi connectivity index (χ1) is 10.6. The van der Waals surface area contributed by atoms with Crippen molar-refractivity contribution in [2.75, 3.05) is 0 Å². The van der Waals surface area contributed by atoms with Crippen LogP contribution in [0, 0.1) is 17.3 Å². The summed E-state index contributed by atoms with van der Waals surface area (Å²) in [4.78, 5) is 22.1. The van der Waals surface area contributed by atoms with Crippen LogP contribution in [0.4, 0.5) is 0 Å². The van der Waals surface area contributed by atoms with E-state index in [2.05, 4.69) is 27.4 Å². The predicted octanol–water partition coefficient (Wildman–Crippen LogP) is 4.74. The third kappa shape index (κ3) is 4.36. The molecule has 0 radical (unpaired) electrons. The van der Waals surface area contributed by atoms with Crippen molar-refractivity contribution < 1.29 is 19.7 Å². The van der Waals surface area contributed by atoms with Crippen molar-refractivity contribution in [3.8, 4) is 0 Å². The Morgan fingerprint density at radius 1 is 1.39 bits per heavy atom. The summed E-state index contributed by atoms with van der Waals surface area (Å²) in [5.74, 6) is -0.827. The SMILES string of the molecule is C=C1CCCC(C)(C)C1CCC1(C)CCC(C(C)C(=O)O)OO1. The van der Waals surface area contributed by atoms with E-state index in [1.807, 2.05) is 0 Å². The predicted molar refractivity (Wildman–Crippen MR) is 89.9 cm³/mol. The largest absolute Gasteiger partial charge is 0.481 e. The third-order valence-corrected chi connectivity index (χ3v) is 5.99. The highest BCUT2D eigenvalue weighted by molar-refractivity contribution is 5.70. The molecule has 1 aliphatic heterocycles. The van der Waals surface area contributed by atoms with Gasteiger partial charge in [0.1, 0.15) is 11.7 Å². The van der Waals surface area contributed by atoms with Gasteiger partial charge in [0.25, 0.3) is 0 Å². The Morgan fingerprint density at radius 2 is 2.09 bits per heavy atom. The van der Waals surface area contributed by atoms with E-state index in [1.54, 1.807) is 6.92 Å². The molecule has 1 saturated carbocycles. The highest BCUT2D eigenvalue weighted by atomic mass is 17.2. The van der Waals surface area contributed by atoms with E-state index in [9.17, 15) is 4.79 Å². The van der Waals surface area contributed by atoms with Gasteiger partial charge in [-0.15, -0.1) is 0 Å². The number of carboxylic acids is 1. The molecule has 23 heavy (non-hydrogen) atoms. The number of carboxylic acid groups (broad SMARTS) is 1. The Labute approximate surface area is 140 Å². The molecule has 0 aromatic rings. The van der Waals surface area contributed by atoms with Crippen molar-refractivity contribution in [3.63, 3.8) is 0 Å². The molecular weight excluding hydrogens is 292 g/mol. The number of rotatable bonds is 5. The average molecular weight is 324 g/mol. The smallest absolute Gasteiger partial charge is 0.308 e. The summed E-state index contributed by atoms with van der Waals surface area (Å²) in [7, 11) is 0. The summed E-state index contributed by atoms with van der Waals surface area (Å²) < 4.78 is 0. The lowest BCUT2D eigenvalue weighted by Crippen LogP contribution is -2.42. The fourth-order valence-electron chi connectivity index (χ4n) is 4.09. The number of hydrogen-bond donors (Lipinski definition) is 1. The molecule has 4 unspecified atom stereocenters. The van der Waals surface area contributed by atoms with Gasteiger partial charge < -0.3 is 5.11 Å². The Bertz CT molecular complexity index is 446. The van der Waals surface area contributed by atoms with Gasteiger partial charge in [0, 0.05) is 0 Å². The van der Waals surface area contributed by atoms with E-state index in [0.717, 1.165) is 32.1 Å². The molecular formula is C19H32O4. The third-order valence-electron chi connectivity index (χ3n) is 5.99. The van der Waals surface area contributed by atoms with Gasteiger partial charge in [0.15, 0.2) is 0 Å². The second-order valence-electron chi connectivity index (χ2n) is 8.43. The summed E-state index contributed by atoms with van der Waals surface area (Å²) in [5.41, 5.74) is 1.36. The number of aliphatic carboxylic acids is 1. The van der Waals surface area contributed by atoms with Crippen molar-refractivity contribution in [1.82, 2.24) is 0 Å². The molecule has 0 bridgehead atoms. The first-order valence-corrected chi connectivity index (χ1v) is 8.90. The Balaban J connectivity index is 1.88. The van der Waals surface area contributed by atoms with E-state index in [-0.39, 0.29) is 11.7 Å². The molecule has 0 aromatic carbocycles. The van der Waals surface area contributed by atoms with Crippen molar-refractivity contribution in [3.05, 3.63) is 12.2 Å². The molecule has 2 aliphatic rings. The maximum absolute atomic E-state index is 11.1. The molecule has 4 nitrogen and oxygen atoms in total. The van der Waals surface area contributed by atoms with Crippen LogP contribution in [0.25, 0.3) is 0 Å². The number of hydrogen-bond acceptors (Lipinski definition) is 3. The highest BCUT2D eigenvalue weighted by Gasteiger charge is 2.40.